The van der Waals surface area contributed by atoms with Gasteiger partial charge < -0.3 is 15.9 Å². The molecule has 1 aromatic rings. The van der Waals surface area contributed by atoms with Crippen molar-refractivity contribution < 1.29 is 15.0 Å². The van der Waals surface area contributed by atoms with E-state index in [0.717, 1.165) is 0 Å². The highest BCUT2D eigenvalue weighted by molar-refractivity contribution is 6.32. The number of aromatic hydroxyl groups is 1. The summed E-state index contributed by atoms with van der Waals surface area (Å²) in [6.07, 6.45) is 0. The highest BCUT2D eigenvalue weighted by atomic mass is 35.5. The molecule has 0 amide bonds. The maximum atomic E-state index is 10.6. The van der Waals surface area contributed by atoms with Gasteiger partial charge in [-0.1, -0.05) is 11.6 Å². The zero-order valence-corrected chi connectivity index (χ0v) is 8.25. The number of hydrogen-bond acceptors (Lipinski definition) is 3. The van der Waals surface area contributed by atoms with Crippen molar-refractivity contribution in [3.05, 3.63) is 28.3 Å². The number of rotatable bonds is 2. The Labute approximate surface area is 85.9 Å². The van der Waals surface area contributed by atoms with Gasteiger partial charge >= 0.3 is 5.97 Å². The van der Waals surface area contributed by atoms with Crippen LogP contribution in [-0.2, 0) is 4.79 Å². The predicted octanol–water partition coefficient (Wildman–Crippen LogP) is 1.44. The molecular formula is C9H10ClNO3. The molecule has 0 aliphatic carbocycles. The van der Waals surface area contributed by atoms with Crippen molar-refractivity contribution in [3.8, 4) is 5.75 Å². The van der Waals surface area contributed by atoms with Crippen molar-refractivity contribution in [2.24, 2.45) is 5.73 Å². The number of benzene rings is 1. The number of hydrogen-bond donors (Lipinski definition) is 3. The van der Waals surface area contributed by atoms with Crippen LogP contribution in [0, 0.1) is 6.92 Å². The van der Waals surface area contributed by atoms with Crippen LogP contribution in [0.1, 0.15) is 17.2 Å². The van der Waals surface area contributed by atoms with Gasteiger partial charge in [-0.05, 0) is 24.6 Å². The molecule has 5 heteroatoms. The molecule has 0 spiro atoms. The first-order chi connectivity index (χ1) is 6.43. The number of aryl methyl sites for hydroxylation is 1. The highest BCUT2D eigenvalue weighted by Gasteiger charge is 2.19. The molecule has 14 heavy (non-hydrogen) atoms. The fraction of sp³-hybridized carbons (Fsp3) is 0.222. The molecule has 1 aromatic carbocycles. The largest absolute Gasteiger partial charge is 0.508 e. The van der Waals surface area contributed by atoms with Crippen molar-refractivity contribution in [1.29, 1.82) is 0 Å². The zero-order chi connectivity index (χ0) is 10.9. The Kier molecular flexibility index (Phi) is 2.98. The molecule has 0 radical (unpaired) electrons. The number of carboxylic acid groups (broad SMARTS) is 1. The van der Waals surface area contributed by atoms with E-state index in [4.69, 9.17) is 22.4 Å². The van der Waals surface area contributed by atoms with Gasteiger partial charge in [-0.25, -0.2) is 0 Å². The molecule has 76 valence electrons. The summed E-state index contributed by atoms with van der Waals surface area (Å²) < 4.78 is 0. The standard InChI is InChI=1S/C9H10ClNO3/c1-4-2-5(12)3-6(7(4)10)8(11)9(13)14/h2-3,8,12H,11H2,1H3,(H,13,14). The SMILES string of the molecule is Cc1cc(O)cc(C(N)C(=O)O)c1Cl. The van der Waals surface area contributed by atoms with E-state index < -0.39 is 12.0 Å². The van der Waals surface area contributed by atoms with E-state index in [9.17, 15) is 9.90 Å². The maximum Gasteiger partial charge on any atom is 0.325 e. The van der Waals surface area contributed by atoms with Crippen LogP contribution in [0.4, 0.5) is 0 Å². The lowest BCUT2D eigenvalue weighted by Crippen LogP contribution is -2.21. The zero-order valence-electron chi connectivity index (χ0n) is 7.49. The second-order valence-corrected chi connectivity index (χ2v) is 3.36. The Balaban J connectivity index is 3.26. The molecule has 0 saturated heterocycles. The summed E-state index contributed by atoms with van der Waals surface area (Å²) in [6, 6.07) is 1.49. The molecule has 0 aromatic heterocycles. The van der Waals surface area contributed by atoms with E-state index in [1.807, 2.05) is 0 Å². The summed E-state index contributed by atoms with van der Waals surface area (Å²) in [4.78, 5) is 10.6. The van der Waals surface area contributed by atoms with Gasteiger partial charge in [0.2, 0.25) is 0 Å². The molecule has 0 aliphatic rings. The summed E-state index contributed by atoms with van der Waals surface area (Å²) in [5, 5.41) is 18.2. The number of nitrogens with two attached hydrogens (primary N) is 1. The highest BCUT2D eigenvalue weighted by Crippen LogP contribution is 2.29. The number of carboxylic acids is 1. The summed E-state index contributed by atoms with van der Waals surface area (Å²) >= 11 is 5.85. The minimum absolute atomic E-state index is 0.0430. The van der Waals surface area contributed by atoms with Gasteiger partial charge in [-0.2, -0.15) is 0 Å². The van der Waals surface area contributed by atoms with Crippen molar-refractivity contribution in [2.45, 2.75) is 13.0 Å². The van der Waals surface area contributed by atoms with E-state index in [-0.39, 0.29) is 16.3 Å². The average molecular weight is 216 g/mol. The first-order valence-corrected chi connectivity index (χ1v) is 4.28. The van der Waals surface area contributed by atoms with Gasteiger partial charge in [0.1, 0.15) is 11.8 Å². The van der Waals surface area contributed by atoms with Gasteiger partial charge in [0.05, 0.1) is 0 Å². The van der Waals surface area contributed by atoms with Crippen molar-refractivity contribution in [1.82, 2.24) is 0 Å². The Morgan fingerprint density at radius 2 is 2.14 bits per heavy atom. The number of halogens is 1. The number of carbonyl (C=O) groups is 1. The summed E-state index contributed by atoms with van der Waals surface area (Å²) in [5.74, 6) is -1.23. The van der Waals surface area contributed by atoms with Crippen LogP contribution >= 0.6 is 11.6 Å². The molecule has 1 atom stereocenters. The molecule has 0 bridgehead atoms. The third-order valence-corrected chi connectivity index (χ3v) is 2.38. The Bertz CT molecular complexity index is 379. The Hall–Kier alpha value is -1.26. The van der Waals surface area contributed by atoms with Gasteiger partial charge in [-0.3, -0.25) is 4.79 Å². The lowest BCUT2D eigenvalue weighted by Gasteiger charge is -2.11. The van der Waals surface area contributed by atoms with Gasteiger partial charge in [0.25, 0.3) is 0 Å². The third kappa shape index (κ3) is 1.97. The molecule has 1 rings (SSSR count). The fourth-order valence-electron chi connectivity index (χ4n) is 1.14. The van der Waals surface area contributed by atoms with Gasteiger partial charge in [-0.15, -0.1) is 0 Å². The second-order valence-electron chi connectivity index (χ2n) is 2.98. The normalized spacial score (nSPS) is 12.5. The number of phenols is 1. The molecule has 0 saturated carbocycles. The van der Waals surface area contributed by atoms with Crippen LogP contribution < -0.4 is 5.73 Å². The first-order valence-electron chi connectivity index (χ1n) is 3.91. The number of phenolic OH excluding ortho intramolecular Hbond substituents is 1. The van der Waals surface area contributed by atoms with Crippen LogP contribution in [-0.4, -0.2) is 16.2 Å². The van der Waals surface area contributed by atoms with Crippen molar-refractivity contribution in [3.63, 3.8) is 0 Å². The number of aliphatic carboxylic acids is 1. The first kappa shape index (κ1) is 10.8. The smallest absolute Gasteiger partial charge is 0.325 e. The lowest BCUT2D eigenvalue weighted by atomic mass is 10.0. The van der Waals surface area contributed by atoms with Gasteiger partial charge in [0, 0.05) is 10.6 Å². The summed E-state index contributed by atoms with van der Waals surface area (Å²) in [6.45, 7) is 1.67. The average Bonchev–Trinajstić information content (AvgIpc) is 2.09. The third-order valence-electron chi connectivity index (χ3n) is 1.87. The second kappa shape index (κ2) is 3.86. The molecule has 4 nitrogen and oxygen atoms in total. The Morgan fingerprint density at radius 1 is 1.57 bits per heavy atom. The predicted molar refractivity (Wildman–Crippen MR) is 52.4 cm³/mol. The van der Waals surface area contributed by atoms with Gasteiger partial charge in [0.15, 0.2) is 0 Å². The Morgan fingerprint density at radius 3 is 2.64 bits per heavy atom. The van der Waals surface area contributed by atoms with Crippen LogP contribution in [0.5, 0.6) is 5.75 Å². The van der Waals surface area contributed by atoms with Crippen LogP contribution in [0.25, 0.3) is 0 Å². The quantitative estimate of drug-likeness (QED) is 0.697. The molecule has 0 heterocycles. The fourth-order valence-corrected chi connectivity index (χ4v) is 1.36. The van der Waals surface area contributed by atoms with E-state index >= 15 is 0 Å². The topological polar surface area (TPSA) is 83.5 Å². The monoisotopic (exact) mass is 215 g/mol. The molecule has 4 N–H and O–H groups in total. The minimum Gasteiger partial charge on any atom is -0.508 e. The molecule has 0 fully saturated rings. The molecular weight excluding hydrogens is 206 g/mol. The molecule has 0 aliphatic heterocycles. The van der Waals surface area contributed by atoms with Crippen LogP contribution in [0.2, 0.25) is 5.02 Å². The lowest BCUT2D eigenvalue weighted by molar-refractivity contribution is -0.138. The van der Waals surface area contributed by atoms with Crippen molar-refractivity contribution in [2.75, 3.05) is 0 Å². The minimum atomic E-state index is -1.21. The van der Waals surface area contributed by atoms with E-state index in [2.05, 4.69) is 0 Å². The van der Waals surface area contributed by atoms with E-state index in [1.165, 1.54) is 12.1 Å². The van der Waals surface area contributed by atoms with E-state index in [0.29, 0.717) is 5.56 Å². The van der Waals surface area contributed by atoms with Crippen molar-refractivity contribution >= 4 is 17.6 Å². The summed E-state index contributed by atoms with van der Waals surface area (Å²) in [7, 11) is 0. The maximum absolute atomic E-state index is 10.6. The molecule has 1 unspecified atom stereocenters. The summed E-state index contributed by atoms with van der Waals surface area (Å²) in [5.41, 5.74) is 6.20. The van der Waals surface area contributed by atoms with Crippen LogP contribution in [0.15, 0.2) is 12.1 Å². The van der Waals surface area contributed by atoms with Crippen LogP contribution in [0.3, 0.4) is 0 Å². The van der Waals surface area contributed by atoms with E-state index in [1.54, 1.807) is 6.92 Å².